The van der Waals surface area contributed by atoms with Crippen molar-refractivity contribution in [2.45, 2.75) is 6.92 Å². The van der Waals surface area contributed by atoms with E-state index < -0.39 is 0 Å². The molecular formula is C10H8ClN5. The first kappa shape index (κ1) is 9.35. The lowest BCUT2D eigenvalue weighted by Crippen LogP contribution is -1.89. The molecule has 16 heavy (non-hydrogen) atoms. The predicted molar refractivity (Wildman–Crippen MR) is 60.3 cm³/mol. The van der Waals surface area contributed by atoms with Crippen molar-refractivity contribution in [3.63, 3.8) is 0 Å². The minimum atomic E-state index is 0.549. The van der Waals surface area contributed by atoms with Crippen LogP contribution in [0.15, 0.2) is 24.3 Å². The Morgan fingerprint density at radius 2 is 2.06 bits per heavy atom. The third kappa shape index (κ3) is 1.29. The molecule has 6 heteroatoms. The molecular weight excluding hydrogens is 226 g/mol. The highest BCUT2D eigenvalue weighted by molar-refractivity contribution is 6.33. The fourth-order valence-electron chi connectivity index (χ4n) is 1.56. The Morgan fingerprint density at radius 3 is 2.81 bits per heavy atom. The number of aryl methyl sites for hydroxylation is 1. The van der Waals surface area contributed by atoms with Crippen LogP contribution >= 0.6 is 11.6 Å². The molecule has 0 aliphatic heterocycles. The van der Waals surface area contributed by atoms with Crippen molar-refractivity contribution >= 4 is 17.4 Å². The zero-order valence-electron chi connectivity index (χ0n) is 8.48. The van der Waals surface area contributed by atoms with Crippen LogP contribution in [0.5, 0.6) is 0 Å². The Kier molecular flexibility index (Phi) is 1.94. The minimum Gasteiger partial charge on any atom is -0.272 e. The van der Waals surface area contributed by atoms with Gasteiger partial charge >= 0.3 is 0 Å². The van der Waals surface area contributed by atoms with Crippen LogP contribution in [-0.2, 0) is 0 Å². The number of nitrogens with one attached hydrogen (secondary N) is 1. The van der Waals surface area contributed by atoms with Crippen LogP contribution in [0.2, 0.25) is 5.02 Å². The Balaban J connectivity index is 2.23. The summed E-state index contributed by atoms with van der Waals surface area (Å²) in [5.74, 6) is 2.01. The molecule has 3 rings (SSSR count). The van der Waals surface area contributed by atoms with Gasteiger partial charge in [0.25, 0.3) is 5.78 Å². The molecule has 3 aromatic rings. The molecule has 2 heterocycles. The van der Waals surface area contributed by atoms with E-state index in [0.717, 1.165) is 11.4 Å². The maximum Gasteiger partial charge on any atom is 0.272 e. The Morgan fingerprint density at radius 1 is 1.25 bits per heavy atom. The first-order valence-corrected chi connectivity index (χ1v) is 5.16. The summed E-state index contributed by atoms with van der Waals surface area (Å²) in [7, 11) is 0. The van der Waals surface area contributed by atoms with Gasteiger partial charge in [-0.2, -0.15) is 4.98 Å². The molecule has 0 fully saturated rings. The van der Waals surface area contributed by atoms with Crippen molar-refractivity contribution in [3.8, 4) is 11.4 Å². The van der Waals surface area contributed by atoms with Crippen LogP contribution in [-0.4, -0.2) is 24.8 Å². The van der Waals surface area contributed by atoms with Gasteiger partial charge < -0.3 is 0 Å². The van der Waals surface area contributed by atoms with Gasteiger partial charge in [0, 0.05) is 5.56 Å². The van der Waals surface area contributed by atoms with Crippen molar-refractivity contribution < 1.29 is 0 Å². The number of fused-ring (bicyclic) bond motifs is 1. The van der Waals surface area contributed by atoms with Gasteiger partial charge in [-0.3, -0.25) is 5.10 Å². The number of nitrogens with zero attached hydrogens (tertiary/aromatic N) is 4. The molecule has 0 unspecified atom stereocenters. The second kappa shape index (κ2) is 3.31. The minimum absolute atomic E-state index is 0.549. The zero-order valence-corrected chi connectivity index (χ0v) is 9.23. The molecule has 0 aliphatic carbocycles. The normalized spacial score (nSPS) is 11.1. The number of aromatic amines is 1. The monoisotopic (exact) mass is 233 g/mol. The third-order valence-corrected chi connectivity index (χ3v) is 2.70. The van der Waals surface area contributed by atoms with E-state index in [9.17, 15) is 0 Å². The van der Waals surface area contributed by atoms with Gasteiger partial charge in [-0.25, -0.2) is 4.52 Å². The van der Waals surface area contributed by atoms with E-state index >= 15 is 0 Å². The lowest BCUT2D eigenvalue weighted by Gasteiger charge is -1.98. The second-order valence-corrected chi connectivity index (χ2v) is 3.84. The summed E-state index contributed by atoms with van der Waals surface area (Å²) in [6.07, 6.45) is 0. The molecule has 0 saturated carbocycles. The molecule has 0 saturated heterocycles. The predicted octanol–water partition coefficient (Wildman–Crippen LogP) is 2.08. The summed E-state index contributed by atoms with van der Waals surface area (Å²) < 4.78 is 1.72. The number of hydrogen-bond acceptors (Lipinski definition) is 3. The maximum atomic E-state index is 6.09. The number of halogens is 1. The van der Waals surface area contributed by atoms with E-state index in [2.05, 4.69) is 20.3 Å². The summed E-state index contributed by atoms with van der Waals surface area (Å²) in [5, 5.41) is 11.6. The zero-order chi connectivity index (χ0) is 11.1. The smallest absolute Gasteiger partial charge is 0.272 e. The molecule has 1 aromatic carbocycles. The van der Waals surface area contributed by atoms with Gasteiger partial charge in [-0.15, -0.1) is 10.2 Å². The van der Waals surface area contributed by atoms with E-state index in [1.54, 1.807) is 4.52 Å². The van der Waals surface area contributed by atoms with Crippen LogP contribution < -0.4 is 0 Å². The van der Waals surface area contributed by atoms with Crippen LogP contribution in [0.1, 0.15) is 5.82 Å². The largest absolute Gasteiger partial charge is 0.272 e. The van der Waals surface area contributed by atoms with Crippen LogP contribution in [0.25, 0.3) is 17.2 Å². The lowest BCUT2D eigenvalue weighted by molar-refractivity contribution is 0.896. The van der Waals surface area contributed by atoms with Crippen molar-refractivity contribution in [2.24, 2.45) is 0 Å². The molecule has 0 atom stereocenters. The molecule has 5 nitrogen and oxygen atoms in total. The van der Waals surface area contributed by atoms with E-state index in [1.165, 1.54) is 0 Å². The van der Waals surface area contributed by atoms with Gasteiger partial charge in [0.2, 0.25) is 0 Å². The summed E-state index contributed by atoms with van der Waals surface area (Å²) in [6.45, 7) is 1.86. The summed E-state index contributed by atoms with van der Waals surface area (Å²) in [4.78, 5) is 4.31. The highest BCUT2D eigenvalue weighted by atomic mass is 35.5. The summed E-state index contributed by atoms with van der Waals surface area (Å²) >= 11 is 6.09. The van der Waals surface area contributed by atoms with Crippen molar-refractivity contribution in [2.75, 3.05) is 0 Å². The van der Waals surface area contributed by atoms with Gasteiger partial charge in [0.15, 0.2) is 11.6 Å². The highest BCUT2D eigenvalue weighted by Gasteiger charge is 2.10. The van der Waals surface area contributed by atoms with E-state index in [4.69, 9.17) is 11.6 Å². The van der Waals surface area contributed by atoms with Crippen molar-refractivity contribution in [1.82, 2.24) is 24.8 Å². The van der Waals surface area contributed by atoms with Gasteiger partial charge in [0.05, 0.1) is 5.02 Å². The molecule has 0 spiro atoms. The number of rotatable bonds is 1. The van der Waals surface area contributed by atoms with Gasteiger partial charge in [-0.1, -0.05) is 23.7 Å². The number of aromatic nitrogens is 5. The molecule has 0 bridgehead atoms. The fourth-order valence-corrected chi connectivity index (χ4v) is 1.78. The standard InChI is InChI=1S/C10H8ClN5/c1-6-13-14-10-12-9(15-16(6)10)7-4-2-3-5-8(7)11/h2-5H,1H3,(H,12,14,15). The summed E-state index contributed by atoms with van der Waals surface area (Å²) in [5.41, 5.74) is 0.856. The topological polar surface area (TPSA) is 58.9 Å². The lowest BCUT2D eigenvalue weighted by atomic mass is 10.2. The van der Waals surface area contributed by atoms with Crippen molar-refractivity contribution in [1.29, 1.82) is 0 Å². The third-order valence-electron chi connectivity index (χ3n) is 2.37. The second-order valence-electron chi connectivity index (χ2n) is 3.43. The number of hydrogen-bond donors (Lipinski definition) is 1. The van der Waals surface area contributed by atoms with Crippen LogP contribution in [0.4, 0.5) is 0 Å². The van der Waals surface area contributed by atoms with Crippen LogP contribution in [0, 0.1) is 6.92 Å². The Bertz CT molecular complexity index is 654. The highest BCUT2D eigenvalue weighted by Crippen LogP contribution is 2.24. The molecule has 2 aromatic heterocycles. The van der Waals surface area contributed by atoms with E-state index in [0.29, 0.717) is 16.6 Å². The SMILES string of the molecule is Cc1nnc2nc(-c3ccccc3Cl)[nH]n12. The Labute approximate surface area is 96.1 Å². The molecule has 1 N–H and O–H groups in total. The van der Waals surface area contributed by atoms with Crippen LogP contribution in [0.3, 0.4) is 0 Å². The molecule has 0 aliphatic rings. The molecule has 0 amide bonds. The number of benzene rings is 1. The fraction of sp³-hybridized carbons (Fsp3) is 0.100. The summed E-state index contributed by atoms with van der Waals surface area (Å²) in [6, 6.07) is 7.53. The number of H-pyrrole nitrogens is 1. The maximum absolute atomic E-state index is 6.09. The van der Waals surface area contributed by atoms with E-state index in [1.807, 2.05) is 31.2 Å². The Hall–Kier alpha value is -1.88. The van der Waals surface area contributed by atoms with E-state index in [-0.39, 0.29) is 0 Å². The molecule has 0 radical (unpaired) electrons. The molecule has 80 valence electrons. The average molecular weight is 234 g/mol. The first-order chi connectivity index (χ1) is 7.75. The van der Waals surface area contributed by atoms with Gasteiger partial charge in [0.1, 0.15) is 0 Å². The quantitative estimate of drug-likeness (QED) is 0.700. The van der Waals surface area contributed by atoms with Crippen molar-refractivity contribution in [3.05, 3.63) is 35.1 Å². The average Bonchev–Trinajstić information content (AvgIpc) is 2.82. The van der Waals surface area contributed by atoms with Gasteiger partial charge in [-0.05, 0) is 19.1 Å². The first-order valence-electron chi connectivity index (χ1n) is 4.78.